The molecule has 0 radical (unpaired) electrons. The Morgan fingerprint density at radius 2 is 1.74 bits per heavy atom. The zero-order valence-corrected chi connectivity index (χ0v) is 19.2. The average Bonchev–Trinajstić information content (AvgIpc) is 2.86. The third kappa shape index (κ3) is 5.74. The van der Waals surface area contributed by atoms with Crippen molar-refractivity contribution in [1.29, 1.82) is 0 Å². The minimum Gasteiger partial charge on any atom is -0.396 e. The number of alkyl halides is 3. The van der Waals surface area contributed by atoms with Gasteiger partial charge in [0.15, 0.2) is 5.82 Å². The summed E-state index contributed by atoms with van der Waals surface area (Å²) in [5, 5.41) is 2.91. The molecule has 1 fully saturated rings. The maximum absolute atomic E-state index is 13.5. The summed E-state index contributed by atoms with van der Waals surface area (Å²) in [5.74, 6) is 0.239. The molecule has 1 saturated carbocycles. The minimum atomic E-state index is -4.47. The highest BCUT2D eigenvalue weighted by molar-refractivity contribution is 6.03. The van der Waals surface area contributed by atoms with E-state index in [4.69, 9.17) is 11.5 Å². The van der Waals surface area contributed by atoms with Crippen molar-refractivity contribution in [3.05, 3.63) is 71.8 Å². The lowest BCUT2D eigenvalue weighted by Crippen LogP contribution is -2.45. The van der Waals surface area contributed by atoms with Crippen LogP contribution in [0.2, 0.25) is 0 Å². The third-order valence-corrected chi connectivity index (χ3v) is 6.22. The molecular weight excluding hydrogens is 455 g/mol. The molecule has 5 N–H and O–H groups in total. The summed E-state index contributed by atoms with van der Waals surface area (Å²) in [7, 11) is 0. The molecule has 1 aliphatic rings. The van der Waals surface area contributed by atoms with Gasteiger partial charge in [-0.15, -0.1) is 0 Å². The van der Waals surface area contributed by atoms with E-state index < -0.39 is 17.8 Å². The van der Waals surface area contributed by atoms with E-state index in [1.54, 1.807) is 35.2 Å². The lowest BCUT2D eigenvalue weighted by atomic mass is 9.94. The number of benzene rings is 2. The minimum absolute atomic E-state index is 0.126. The standard InChI is InChI=1S/C26H28F3N5O/c27-26(28,29)19-6-4-5-18(15-19)23-14-13-22(31)24(33-23)34(21-7-2-1-3-8-21)25(35)32-20-11-9-17(16-30)10-12-20/h4-6,9-15,21H,1-3,7-8,16,30-31H2,(H,32,35). The summed E-state index contributed by atoms with van der Waals surface area (Å²) in [6.45, 7) is 0.394. The molecule has 184 valence electrons. The van der Waals surface area contributed by atoms with Gasteiger partial charge in [-0.25, -0.2) is 9.78 Å². The quantitative estimate of drug-likeness (QED) is 0.404. The van der Waals surface area contributed by atoms with Gasteiger partial charge in [0.1, 0.15) is 0 Å². The number of halogens is 3. The van der Waals surface area contributed by atoms with Gasteiger partial charge in [0.05, 0.1) is 16.9 Å². The van der Waals surface area contributed by atoms with Crippen molar-refractivity contribution >= 4 is 23.2 Å². The Kier molecular flexibility index (Phi) is 7.25. The molecule has 4 rings (SSSR count). The number of anilines is 3. The number of pyridine rings is 1. The van der Waals surface area contributed by atoms with Crippen molar-refractivity contribution in [2.45, 2.75) is 50.9 Å². The Labute approximate surface area is 202 Å². The number of amides is 2. The van der Waals surface area contributed by atoms with Crippen LogP contribution < -0.4 is 21.7 Å². The summed E-state index contributed by atoms with van der Waals surface area (Å²) in [6, 6.07) is 14.8. The van der Waals surface area contributed by atoms with Crippen molar-refractivity contribution in [2.24, 2.45) is 5.73 Å². The van der Waals surface area contributed by atoms with E-state index in [9.17, 15) is 18.0 Å². The predicted octanol–water partition coefficient (Wildman–Crippen LogP) is 6.18. The van der Waals surface area contributed by atoms with Gasteiger partial charge in [0.2, 0.25) is 0 Å². The first-order valence-electron chi connectivity index (χ1n) is 11.6. The molecule has 3 aromatic rings. The zero-order valence-electron chi connectivity index (χ0n) is 19.2. The summed E-state index contributed by atoms with van der Waals surface area (Å²) < 4.78 is 39.8. The predicted molar refractivity (Wildman–Crippen MR) is 132 cm³/mol. The fraction of sp³-hybridized carbons (Fsp3) is 0.308. The summed E-state index contributed by atoms with van der Waals surface area (Å²) >= 11 is 0. The second-order valence-corrected chi connectivity index (χ2v) is 8.68. The van der Waals surface area contributed by atoms with E-state index in [1.165, 1.54) is 6.07 Å². The number of nitrogens with two attached hydrogens (primary N) is 2. The van der Waals surface area contributed by atoms with Gasteiger partial charge in [0.25, 0.3) is 0 Å². The van der Waals surface area contributed by atoms with E-state index in [0.717, 1.165) is 49.8 Å². The number of nitrogen functional groups attached to an aromatic ring is 1. The Bertz CT molecular complexity index is 1170. The molecule has 6 nitrogen and oxygen atoms in total. The van der Waals surface area contributed by atoms with Crippen LogP contribution in [0.3, 0.4) is 0 Å². The van der Waals surface area contributed by atoms with Crippen LogP contribution in [0.1, 0.15) is 43.2 Å². The number of nitrogens with one attached hydrogen (secondary N) is 1. The topological polar surface area (TPSA) is 97.3 Å². The van der Waals surface area contributed by atoms with Crippen LogP contribution in [0.15, 0.2) is 60.7 Å². The normalized spacial score (nSPS) is 14.5. The Morgan fingerprint density at radius 1 is 1.03 bits per heavy atom. The van der Waals surface area contributed by atoms with Crippen molar-refractivity contribution in [3.8, 4) is 11.3 Å². The molecule has 0 unspecified atom stereocenters. The van der Waals surface area contributed by atoms with Crippen LogP contribution in [-0.4, -0.2) is 17.1 Å². The first-order chi connectivity index (χ1) is 16.8. The highest BCUT2D eigenvalue weighted by atomic mass is 19.4. The van der Waals surface area contributed by atoms with Crippen LogP contribution >= 0.6 is 0 Å². The van der Waals surface area contributed by atoms with E-state index in [2.05, 4.69) is 10.3 Å². The van der Waals surface area contributed by atoms with E-state index in [-0.39, 0.29) is 17.5 Å². The van der Waals surface area contributed by atoms with Crippen molar-refractivity contribution in [2.75, 3.05) is 16.0 Å². The van der Waals surface area contributed by atoms with Crippen molar-refractivity contribution in [3.63, 3.8) is 0 Å². The van der Waals surface area contributed by atoms with Gasteiger partial charge >= 0.3 is 12.2 Å². The number of rotatable bonds is 5. The summed E-state index contributed by atoms with van der Waals surface area (Å²) in [5.41, 5.74) is 13.6. The highest BCUT2D eigenvalue weighted by Crippen LogP contribution is 2.35. The fourth-order valence-electron chi connectivity index (χ4n) is 4.35. The second kappa shape index (κ2) is 10.4. The molecule has 0 bridgehead atoms. The molecule has 2 aromatic carbocycles. The molecule has 1 aliphatic carbocycles. The van der Waals surface area contributed by atoms with Crippen LogP contribution in [0.25, 0.3) is 11.3 Å². The maximum Gasteiger partial charge on any atom is 0.416 e. The first-order valence-corrected chi connectivity index (χ1v) is 11.6. The van der Waals surface area contributed by atoms with Crippen LogP contribution in [0, 0.1) is 0 Å². The lowest BCUT2D eigenvalue weighted by Gasteiger charge is -2.34. The maximum atomic E-state index is 13.5. The van der Waals surface area contributed by atoms with Gasteiger partial charge in [0, 0.05) is 23.8 Å². The van der Waals surface area contributed by atoms with E-state index in [0.29, 0.717) is 23.5 Å². The first kappa shape index (κ1) is 24.5. The number of nitrogens with zero attached hydrogens (tertiary/aromatic N) is 2. The smallest absolute Gasteiger partial charge is 0.396 e. The second-order valence-electron chi connectivity index (χ2n) is 8.68. The Hall–Kier alpha value is -3.59. The third-order valence-electron chi connectivity index (χ3n) is 6.22. The molecule has 35 heavy (non-hydrogen) atoms. The molecule has 0 spiro atoms. The van der Waals surface area contributed by atoms with Gasteiger partial charge in [-0.3, -0.25) is 4.90 Å². The van der Waals surface area contributed by atoms with Crippen LogP contribution in [-0.2, 0) is 12.7 Å². The average molecular weight is 484 g/mol. The Morgan fingerprint density at radius 3 is 2.40 bits per heavy atom. The summed E-state index contributed by atoms with van der Waals surface area (Å²) in [4.78, 5) is 19.6. The van der Waals surface area contributed by atoms with E-state index >= 15 is 0 Å². The van der Waals surface area contributed by atoms with Gasteiger partial charge in [-0.1, -0.05) is 43.5 Å². The largest absolute Gasteiger partial charge is 0.416 e. The molecule has 9 heteroatoms. The lowest BCUT2D eigenvalue weighted by molar-refractivity contribution is -0.137. The van der Waals surface area contributed by atoms with Crippen molar-refractivity contribution in [1.82, 2.24) is 4.98 Å². The number of carbonyl (C=O) groups is 1. The Balaban J connectivity index is 1.71. The molecule has 0 saturated heterocycles. The molecule has 1 aromatic heterocycles. The molecular formula is C26H28F3N5O. The molecule has 0 aliphatic heterocycles. The zero-order chi connectivity index (χ0) is 25.0. The SMILES string of the molecule is NCc1ccc(NC(=O)N(c2nc(-c3cccc(C(F)(F)F)c3)ccc2N)C2CCCCC2)cc1. The number of hydrogen-bond donors (Lipinski definition) is 3. The monoisotopic (exact) mass is 483 g/mol. The highest BCUT2D eigenvalue weighted by Gasteiger charge is 2.32. The molecule has 1 heterocycles. The molecule has 0 atom stereocenters. The van der Waals surface area contributed by atoms with Gasteiger partial charge in [-0.2, -0.15) is 13.2 Å². The number of hydrogen-bond acceptors (Lipinski definition) is 4. The van der Waals surface area contributed by atoms with Crippen LogP contribution in [0.5, 0.6) is 0 Å². The fourth-order valence-corrected chi connectivity index (χ4v) is 4.35. The van der Waals surface area contributed by atoms with Crippen LogP contribution in [0.4, 0.5) is 35.2 Å². The van der Waals surface area contributed by atoms with E-state index in [1.807, 2.05) is 12.1 Å². The number of aromatic nitrogens is 1. The van der Waals surface area contributed by atoms with Gasteiger partial charge < -0.3 is 16.8 Å². The van der Waals surface area contributed by atoms with Crippen molar-refractivity contribution < 1.29 is 18.0 Å². The number of carbonyl (C=O) groups excluding carboxylic acids is 1. The number of urea groups is 1. The van der Waals surface area contributed by atoms with Gasteiger partial charge in [-0.05, 0) is 54.8 Å². The molecule has 2 amide bonds. The summed E-state index contributed by atoms with van der Waals surface area (Å²) in [6.07, 6.45) is 0.114.